The van der Waals surface area contributed by atoms with Gasteiger partial charge in [-0.3, -0.25) is 4.79 Å². The number of furan rings is 1. The van der Waals surface area contributed by atoms with Crippen molar-refractivity contribution in [1.29, 1.82) is 0 Å². The van der Waals surface area contributed by atoms with Crippen LogP contribution in [0.4, 0.5) is 5.69 Å². The lowest BCUT2D eigenvalue weighted by atomic mass is 10.1. The fraction of sp³-hybridized carbons (Fsp3) is 0.111. The molecule has 3 aromatic rings. The summed E-state index contributed by atoms with van der Waals surface area (Å²) in [5.74, 6) is 0.362. The molecule has 0 unspecified atom stereocenters. The quantitative estimate of drug-likeness (QED) is 0.561. The average molecular weight is 307 g/mol. The minimum atomic E-state index is -0.422. The van der Waals surface area contributed by atoms with Crippen molar-refractivity contribution in [3.05, 3.63) is 66.6 Å². The van der Waals surface area contributed by atoms with Gasteiger partial charge in [0.05, 0.1) is 12.5 Å². The van der Waals surface area contributed by atoms with Gasteiger partial charge in [-0.05, 0) is 30.5 Å². The number of fused-ring (bicyclic) bond motifs is 1. The molecule has 1 atom stereocenters. The van der Waals surface area contributed by atoms with Crippen molar-refractivity contribution in [2.24, 2.45) is 5.10 Å². The molecule has 0 saturated heterocycles. The third kappa shape index (κ3) is 3.58. The molecule has 5 heteroatoms. The van der Waals surface area contributed by atoms with E-state index in [1.165, 1.54) is 6.21 Å². The highest BCUT2D eigenvalue weighted by molar-refractivity contribution is 5.96. The Morgan fingerprint density at radius 2 is 1.96 bits per heavy atom. The number of carbonyl (C=O) groups excluding carboxylic acids is 1. The van der Waals surface area contributed by atoms with E-state index in [2.05, 4.69) is 15.8 Å². The Balaban J connectivity index is 1.65. The number of rotatable bonds is 5. The van der Waals surface area contributed by atoms with Crippen molar-refractivity contribution in [2.75, 3.05) is 5.32 Å². The molecule has 0 radical (unpaired) electrons. The van der Waals surface area contributed by atoms with Crippen LogP contribution in [0.15, 0.2) is 70.4 Å². The number of amides is 1. The number of anilines is 1. The zero-order valence-electron chi connectivity index (χ0n) is 12.7. The minimum absolute atomic E-state index is 0.222. The molecule has 23 heavy (non-hydrogen) atoms. The van der Waals surface area contributed by atoms with Gasteiger partial charge in [0.1, 0.15) is 11.8 Å². The van der Waals surface area contributed by atoms with Crippen LogP contribution in [0.3, 0.4) is 0 Å². The molecule has 0 saturated carbocycles. The topological polar surface area (TPSA) is 66.6 Å². The fourth-order valence-corrected chi connectivity index (χ4v) is 2.27. The molecule has 0 spiro atoms. The molecule has 2 aromatic carbocycles. The molecule has 0 aliphatic heterocycles. The van der Waals surface area contributed by atoms with Gasteiger partial charge in [-0.25, -0.2) is 5.43 Å². The van der Waals surface area contributed by atoms with Crippen LogP contribution in [0.1, 0.15) is 12.7 Å². The van der Waals surface area contributed by atoms with E-state index in [0.717, 1.165) is 16.5 Å². The normalized spacial score (nSPS) is 12.4. The van der Waals surface area contributed by atoms with Crippen LogP contribution >= 0.6 is 0 Å². The Labute approximate surface area is 134 Å². The Bertz CT molecular complexity index is 820. The highest BCUT2D eigenvalue weighted by Gasteiger charge is 2.12. The van der Waals surface area contributed by atoms with Crippen molar-refractivity contribution in [3.8, 4) is 0 Å². The summed E-state index contributed by atoms with van der Waals surface area (Å²) in [5, 5.41) is 9.30. The maximum Gasteiger partial charge on any atom is 0.262 e. The molecule has 2 N–H and O–H groups in total. The monoisotopic (exact) mass is 307 g/mol. The van der Waals surface area contributed by atoms with Gasteiger partial charge < -0.3 is 9.73 Å². The van der Waals surface area contributed by atoms with E-state index in [4.69, 9.17) is 4.42 Å². The molecule has 0 fully saturated rings. The number of nitrogens with one attached hydrogen (secondary N) is 2. The van der Waals surface area contributed by atoms with Crippen molar-refractivity contribution >= 4 is 28.6 Å². The molecule has 1 heterocycles. The zero-order chi connectivity index (χ0) is 16.1. The molecule has 0 aliphatic rings. The molecule has 5 nitrogen and oxygen atoms in total. The second-order valence-electron chi connectivity index (χ2n) is 5.14. The molecule has 0 bridgehead atoms. The lowest BCUT2D eigenvalue weighted by molar-refractivity contribution is -0.121. The van der Waals surface area contributed by atoms with Crippen LogP contribution in [-0.2, 0) is 4.79 Å². The van der Waals surface area contributed by atoms with E-state index in [9.17, 15) is 4.79 Å². The smallest absolute Gasteiger partial charge is 0.262 e. The number of nitrogens with zero attached hydrogens (tertiary/aromatic N) is 1. The van der Waals surface area contributed by atoms with Gasteiger partial charge in [-0.2, -0.15) is 5.10 Å². The van der Waals surface area contributed by atoms with E-state index in [1.54, 1.807) is 25.3 Å². The van der Waals surface area contributed by atoms with Crippen molar-refractivity contribution in [3.63, 3.8) is 0 Å². The lowest BCUT2D eigenvalue weighted by Crippen LogP contribution is -2.34. The van der Waals surface area contributed by atoms with Gasteiger partial charge in [0, 0.05) is 11.1 Å². The molecule has 3 rings (SSSR count). The summed E-state index contributed by atoms with van der Waals surface area (Å²) in [6, 6.07) is 17.1. The standard InChI is InChI=1S/C18H17N3O2/c1-13(18(22)21-19-12-15-8-5-11-23-15)20-17-10-4-7-14-6-2-3-9-16(14)17/h2-13,20H,1H3,(H,21,22)/b19-12-/t13-/m0/s1. The maximum atomic E-state index is 12.1. The third-order valence-corrected chi connectivity index (χ3v) is 3.46. The van der Waals surface area contributed by atoms with Gasteiger partial charge >= 0.3 is 0 Å². The first-order chi connectivity index (χ1) is 11.2. The first-order valence-electron chi connectivity index (χ1n) is 7.35. The van der Waals surface area contributed by atoms with E-state index < -0.39 is 6.04 Å². The summed E-state index contributed by atoms with van der Waals surface area (Å²) in [6.07, 6.45) is 3.01. The van der Waals surface area contributed by atoms with E-state index >= 15 is 0 Å². The van der Waals surface area contributed by atoms with Gasteiger partial charge in [-0.1, -0.05) is 36.4 Å². The van der Waals surface area contributed by atoms with Crippen LogP contribution < -0.4 is 10.7 Å². The summed E-state index contributed by atoms with van der Waals surface area (Å²) in [4.78, 5) is 12.1. The van der Waals surface area contributed by atoms with Crippen LogP contribution in [0, 0.1) is 0 Å². The first kappa shape index (κ1) is 14.8. The summed E-state index contributed by atoms with van der Waals surface area (Å²) in [5.41, 5.74) is 3.41. The van der Waals surface area contributed by atoms with Crippen molar-refractivity contribution in [1.82, 2.24) is 5.43 Å². The third-order valence-electron chi connectivity index (χ3n) is 3.46. The Kier molecular flexibility index (Phi) is 4.38. The van der Waals surface area contributed by atoms with Gasteiger partial charge in [0.25, 0.3) is 5.91 Å². The van der Waals surface area contributed by atoms with E-state index in [0.29, 0.717) is 5.76 Å². The Hall–Kier alpha value is -3.08. The summed E-state index contributed by atoms with van der Waals surface area (Å²) < 4.78 is 5.10. The zero-order valence-corrected chi connectivity index (χ0v) is 12.7. The van der Waals surface area contributed by atoms with Crippen molar-refractivity contribution in [2.45, 2.75) is 13.0 Å². The molecular formula is C18H17N3O2. The first-order valence-corrected chi connectivity index (χ1v) is 7.35. The number of hydrazone groups is 1. The maximum absolute atomic E-state index is 12.1. The van der Waals surface area contributed by atoms with E-state index in [1.807, 2.05) is 42.5 Å². The largest absolute Gasteiger partial charge is 0.463 e. The predicted molar refractivity (Wildman–Crippen MR) is 91.5 cm³/mol. The summed E-state index contributed by atoms with van der Waals surface area (Å²) in [7, 11) is 0. The summed E-state index contributed by atoms with van der Waals surface area (Å²) >= 11 is 0. The van der Waals surface area contributed by atoms with Crippen LogP contribution in [0.5, 0.6) is 0 Å². The highest BCUT2D eigenvalue weighted by atomic mass is 16.3. The van der Waals surface area contributed by atoms with Gasteiger partial charge in [0.15, 0.2) is 0 Å². The lowest BCUT2D eigenvalue weighted by Gasteiger charge is -2.15. The molecule has 1 aromatic heterocycles. The number of hydrogen-bond acceptors (Lipinski definition) is 4. The Morgan fingerprint density at radius 1 is 1.13 bits per heavy atom. The average Bonchev–Trinajstić information content (AvgIpc) is 3.08. The molecular weight excluding hydrogens is 290 g/mol. The minimum Gasteiger partial charge on any atom is -0.463 e. The Morgan fingerprint density at radius 3 is 2.78 bits per heavy atom. The fourth-order valence-electron chi connectivity index (χ4n) is 2.27. The number of carbonyl (C=O) groups is 1. The van der Waals surface area contributed by atoms with Crippen molar-refractivity contribution < 1.29 is 9.21 Å². The molecule has 0 aliphatic carbocycles. The molecule has 116 valence electrons. The summed E-state index contributed by atoms with van der Waals surface area (Å²) in [6.45, 7) is 1.79. The second-order valence-corrected chi connectivity index (χ2v) is 5.14. The second kappa shape index (κ2) is 6.79. The van der Waals surface area contributed by atoms with Crippen LogP contribution in [-0.4, -0.2) is 18.2 Å². The SMILES string of the molecule is C[C@H](Nc1cccc2ccccc12)C(=O)N/N=C\c1ccco1. The predicted octanol–water partition coefficient (Wildman–Crippen LogP) is 3.38. The number of benzene rings is 2. The van der Waals surface area contributed by atoms with Crippen LogP contribution in [0.25, 0.3) is 10.8 Å². The number of hydrogen-bond donors (Lipinski definition) is 2. The van der Waals surface area contributed by atoms with Gasteiger partial charge in [0.2, 0.25) is 0 Å². The highest BCUT2D eigenvalue weighted by Crippen LogP contribution is 2.23. The molecule has 1 amide bonds. The van der Waals surface area contributed by atoms with Crippen LogP contribution in [0.2, 0.25) is 0 Å². The van der Waals surface area contributed by atoms with Gasteiger partial charge in [-0.15, -0.1) is 0 Å². The van der Waals surface area contributed by atoms with E-state index in [-0.39, 0.29) is 5.91 Å².